The lowest BCUT2D eigenvalue weighted by molar-refractivity contribution is 0.0948. The van der Waals surface area contributed by atoms with Gasteiger partial charge in [0.05, 0.1) is 10.7 Å². The first-order valence-electron chi connectivity index (χ1n) is 11.4. The van der Waals surface area contributed by atoms with Crippen LogP contribution in [0.2, 0.25) is 15.1 Å². The molecule has 0 atom stereocenters. The minimum Gasteiger partial charge on any atom is -0.472 e. The number of hydrogen-bond donors (Lipinski definition) is 1. The van der Waals surface area contributed by atoms with E-state index in [9.17, 15) is 13.6 Å². The van der Waals surface area contributed by atoms with E-state index in [4.69, 9.17) is 44.5 Å². The van der Waals surface area contributed by atoms with E-state index in [0.717, 1.165) is 24.1 Å². The van der Waals surface area contributed by atoms with Crippen LogP contribution in [0.1, 0.15) is 29.3 Å². The minimum absolute atomic E-state index is 0.0112. The highest BCUT2D eigenvalue weighted by Gasteiger charge is 2.22. The fraction of sp³-hybridized carbons (Fsp3) is 0.143. The zero-order valence-corrected chi connectivity index (χ0v) is 21.9. The molecular formula is C28H21Cl3F2N2O2. The summed E-state index contributed by atoms with van der Waals surface area (Å²) >= 11 is 18.7. The summed E-state index contributed by atoms with van der Waals surface area (Å²) in [5.41, 5.74) is 2.91. The normalized spacial score (nSPS) is 10.9. The minimum atomic E-state index is -0.998. The Bertz CT molecular complexity index is 1450. The average molecular weight is 562 g/mol. The van der Waals surface area contributed by atoms with Gasteiger partial charge in [-0.25, -0.2) is 13.8 Å². The highest BCUT2D eigenvalue weighted by Crippen LogP contribution is 2.39. The Labute approximate surface area is 228 Å². The van der Waals surface area contributed by atoms with E-state index in [1.54, 1.807) is 36.4 Å². The van der Waals surface area contributed by atoms with Gasteiger partial charge in [0.2, 0.25) is 5.88 Å². The van der Waals surface area contributed by atoms with E-state index in [1.807, 2.05) is 19.1 Å². The van der Waals surface area contributed by atoms with Gasteiger partial charge in [-0.05, 0) is 66.1 Å². The molecule has 4 aromatic rings. The third kappa shape index (κ3) is 6.39. The molecule has 4 rings (SSSR count). The predicted octanol–water partition coefficient (Wildman–Crippen LogP) is 8.37. The predicted molar refractivity (Wildman–Crippen MR) is 143 cm³/mol. The molecule has 3 aromatic carbocycles. The second kappa shape index (κ2) is 11.9. The number of halogens is 5. The van der Waals surface area contributed by atoms with Gasteiger partial charge in [0.25, 0.3) is 5.91 Å². The first-order valence-corrected chi connectivity index (χ1v) is 12.5. The number of amides is 1. The van der Waals surface area contributed by atoms with Gasteiger partial charge in [-0.3, -0.25) is 4.79 Å². The molecule has 0 spiro atoms. The lowest BCUT2D eigenvalue weighted by Crippen LogP contribution is -2.25. The smallest absolute Gasteiger partial charge is 0.256 e. The van der Waals surface area contributed by atoms with Gasteiger partial charge in [0.15, 0.2) is 11.6 Å². The number of nitrogens with zero attached hydrogens (tertiary/aromatic N) is 1. The first-order chi connectivity index (χ1) is 17.8. The van der Waals surface area contributed by atoms with Crippen LogP contribution in [0.3, 0.4) is 0 Å². The van der Waals surface area contributed by atoms with Gasteiger partial charge in [-0.1, -0.05) is 59.9 Å². The van der Waals surface area contributed by atoms with E-state index < -0.39 is 17.5 Å². The van der Waals surface area contributed by atoms with Crippen LogP contribution in [-0.4, -0.2) is 17.4 Å². The molecule has 1 amide bonds. The number of aromatic nitrogens is 1. The van der Waals surface area contributed by atoms with Crippen LogP contribution in [-0.2, 0) is 6.61 Å². The molecule has 0 aliphatic carbocycles. The number of carbonyl (C=O) groups excluding carboxylic acids is 1. The summed E-state index contributed by atoms with van der Waals surface area (Å²) in [6.07, 6.45) is 0.729. The highest BCUT2D eigenvalue weighted by atomic mass is 35.5. The highest BCUT2D eigenvalue weighted by molar-refractivity contribution is 6.36. The fourth-order valence-corrected chi connectivity index (χ4v) is 4.24. The molecule has 0 bridgehead atoms. The molecule has 4 nitrogen and oxygen atoms in total. The Morgan fingerprint density at radius 1 is 0.892 bits per heavy atom. The molecule has 0 saturated carbocycles. The summed E-state index contributed by atoms with van der Waals surface area (Å²) in [6.45, 7) is 2.23. The van der Waals surface area contributed by atoms with Gasteiger partial charge in [-0.15, -0.1) is 0 Å². The molecule has 190 valence electrons. The zero-order valence-electron chi connectivity index (χ0n) is 19.6. The zero-order chi connectivity index (χ0) is 26.5. The van der Waals surface area contributed by atoms with Gasteiger partial charge in [0, 0.05) is 27.7 Å². The molecule has 0 radical (unpaired) electrons. The SMILES string of the molecule is CCCNC(=O)c1cc(-c2ccc(Cl)cc2)c(-c2ccc(Cl)cc2Cl)nc1OCc1ccc(F)c(F)c1. The topological polar surface area (TPSA) is 51.2 Å². The molecule has 0 saturated heterocycles. The molecule has 1 aromatic heterocycles. The van der Waals surface area contributed by atoms with Crippen LogP contribution in [0, 0.1) is 11.6 Å². The standard InChI is InChI=1S/C28H21Cl3F2N2O2/c1-2-11-34-27(36)22-14-21(17-4-6-18(29)7-5-17)26(20-9-8-19(30)13-23(20)31)35-28(22)37-15-16-3-10-24(32)25(33)12-16/h3-10,12-14H,2,11,15H2,1H3,(H,34,36). The molecular weight excluding hydrogens is 541 g/mol. The Hall–Kier alpha value is -3.19. The van der Waals surface area contributed by atoms with Crippen LogP contribution in [0.25, 0.3) is 22.4 Å². The molecule has 0 fully saturated rings. The van der Waals surface area contributed by atoms with Crippen LogP contribution >= 0.6 is 34.8 Å². The number of benzene rings is 3. The van der Waals surface area contributed by atoms with Gasteiger partial charge in [0.1, 0.15) is 12.2 Å². The van der Waals surface area contributed by atoms with Crippen LogP contribution in [0.5, 0.6) is 5.88 Å². The number of nitrogens with one attached hydrogen (secondary N) is 1. The van der Waals surface area contributed by atoms with E-state index in [0.29, 0.717) is 44.0 Å². The second-order valence-electron chi connectivity index (χ2n) is 8.16. The largest absolute Gasteiger partial charge is 0.472 e. The van der Waals surface area contributed by atoms with E-state index in [2.05, 4.69) is 5.32 Å². The monoisotopic (exact) mass is 560 g/mol. The fourth-order valence-electron chi connectivity index (χ4n) is 3.62. The van der Waals surface area contributed by atoms with Crippen molar-refractivity contribution in [2.45, 2.75) is 20.0 Å². The second-order valence-corrected chi connectivity index (χ2v) is 9.44. The number of carbonyl (C=O) groups is 1. The van der Waals surface area contributed by atoms with Crippen molar-refractivity contribution in [1.82, 2.24) is 10.3 Å². The number of pyridine rings is 1. The van der Waals surface area contributed by atoms with Crippen molar-refractivity contribution in [1.29, 1.82) is 0 Å². The third-order valence-electron chi connectivity index (χ3n) is 5.47. The number of ether oxygens (including phenoxy) is 1. The lowest BCUT2D eigenvalue weighted by atomic mass is 9.97. The lowest BCUT2D eigenvalue weighted by Gasteiger charge is -2.17. The van der Waals surface area contributed by atoms with Gasteiger partial charge in [-0.2, -0.15) is 0 Å². The van der Waals surface area contributed by atoms with Crippen LogP contribution in [0.15, 0.2) is 66.7 Å². The maximum Gasteiger partial charge on any atom is 0.256 e. The van der Waals surface area contributed by atoms with Crippen molar-refractivity contribution >= 4 is 40.7 Å². The summed E-state index contributed by atoms with van der Waals surface area (Å²) in [6, 6.07) is 17.2. The van der Waals surface area contributed by atoms with Crippen molar-refractivity contribution in [2.75, 3.05) is 6.54 Å². The molecule has 37 heavy (non-hydrogen) atoms. The van der Waals surface area contributed by atoms with Crippen molar-refractivity contribution < 1.29 is 18.3 Å². The van der Waals surface area contributed by atoms with Crippen LogP contribution in [0.4, 0.5) is 8.78 Å². The van der Waals surface area contributed by atoms with Gasteiger partial charge >= 0.3 is 0 Å². The average Bonchev–Trinajstić information content (AvgIpc) is 2.88. The molecule has 0 aliphatic rings. The Morgan fingerprint density at radius 2 is 1.62 bits per heavy atom. The van der Waals surface area contributed by atoms with Crippen molar-refractivity contribution in [3.63, 3.8) is 0 Å². The molecule has 9 heteroatoms. The quantitative estimate of drug-likeness (QED) is 0.235. The molecule has 1 N–H and O–H groups in total. The summed E-state index contributed by atoms with van der Waals surface area (Å²) in [5, 5.41) is 4.19. The maximum absolute atomic E-state index is 13.7. The summed E-state index contributed by atoms with van der Waals surface area (Å²) in [5.74, 6) is -2.34. The van der Waals surface area contributed by atoms with Crippen LogP contribution < -0.4 is 10.1 Å². The van der Waals surface area contributed by atoms with Gasteiger partial charge < -0.3 is 10.1 Å². The van der Waals surface area contributed by atoms with Crippen molar-refractivity contribution in [3.8, 4) is 28.3 Å². The number of rotatable bonds is 8. The number of hydrogen-bond acceptors (Lipinski definition) is 3. The summed E-state index contributed by atoms with van der Waals surface area (Å²) < 4.78 is 33.0. The first kappa shape index (κ1) is 26.9. The molecule has 0 aliphatic heterocycles. The van der Waals surface area contributed by atoms with E-state index in [1.165, 1.54) is 6.07 Å². The van der Waals surface area contributed by atoms with E-state index >= 15 is 0 Å². The maximum atomic E-state index is 13.7. The van der Waals surface area contributed by atoms with Crippen molar-refractivity contribution in [2.24, 2.45) is 0 Å². The third-order valence-corrected chi connectivity index (χ3v) is 6.27. The molecule has 0 unspecified atom stereocenters. The van der Waals surface area contributed by atoms with E-state index in [-0.39, 0.29) is 18.1 Å². The van der Waals surface area contributed by atoms with Crippen molar-refractivity contribution in [3.05, 3.63) is 105 Å². The summed E-state index contributed by atoms with van der Waals surface area (Å²) in [4.78, 5) is 17.8. The summed E-state index contributed by atoms with van der Waals surface area (Å²) in [7, 11) is 0. The Morgan fingerprint density at radius 3 is 2.30 bits per heavy atom. The Kier molecular flexibility index (Phi) is 8.64. The molecule has 1 heterocycles. The Balaban J connectivity index is 1.88.